The number of amides is 1. The monoisotopic (exact) mass is 392 g/mol. The van der Waals surface area contributed by atoms with E-state index in [0.29, 0.717) is 30.7 Å². The molecule has 150 valence electrons. The number of pyridine rings is 1. The second-order valence-corrected chi connectivity index (χ2v) is 8.41. The number of aryl methyl sites for hydroxylation is 1. The normalized spacial score (nSPS) is 22.2. The summed E-state index contributed by atoms with van der Waals surface area (Å²) in [4.78, 5) is 21.8. The van der Waals surface area contributed by atoms with Crippen LogP contribution in [0.5, 0.6) is 0 Å². The third-order valence-electron chi connectivity index (χ3n) is 6.27. The number of hydrogen-bond donors (Lipinski definition) is 0. The molecule has 5 nitrogen and oxygen atoms in total. The Kier molecular flexibility index (Phi) is 4.59. The number of piperidine rings is 1. The van der Waals surface area contributed by atoms with E-state index in [0.717, 1.165) is 31.5 Å². The largest absolute Gasteiger partial charge is 0.335 e. The average Bonchev–Trinajstić information content (AvgIpc) is 2.87. The Morgan fingerprint density at radius 1 is 1.14 bits per heavy atom. The summed E-state index contributed by atoms with van der Waals surface area (Å²) in [6.07, 6.45) is 3.83. The van der Waals surface area contributed by atoms with Crippen molar-refractivity contribution in [2.75, 3.05) is 19.6 Å². The second kappa shape index (κ2) is 7.26. The topological polar surface area (TPSA) is 40.9 Å². The highest BCUT2D eigenvalue weighted by atomic mass is 19.1. The zero-order valence-corrected chi connectivity index (χ0v) is 16.6. The van der Waals surface area contributed by atoms with Gasteiger partial charge in [-0.05, 0) is 48.9 Å². The van der Waals surface area contributed by atoms with Crippen molar-refractivity contribution in [3.8, 4) is 0 Å². The van der Waals surface area contributed by atoms with Gasteiger partial charge in [-0.15, -0.1) is 0 Å². The van der Waals surface area contributed by atoms with Crippen molar-refractivity contribution in [1.29, 1.82) is 0 Å². The SMILES string of the molecule is Cc1ccn2c(F)c(C(=O)N3C[C@H]4CC[C@@H](C3)N(Cc3ccccc3)C4)nc2c1. The van der Waals surface area contributed by atoms with E-state index in [-0.39, 0.29) is 11.6 Å². The summed E-state index contributed by atoms with van der Waals surface area (Å²) in [7, 11) is 0. The van der Waals surface area contributed by atoms with Gasteiger partial charge in [0.1, 0.15) is 5.65 Å². The predicted octanol–water partition coefficient (Wildman–Crippen LogP) is 3.52. The second-order valence-electron chi connectivity index (χ2n) is 8.41. The van der Waals surface area contributed by atoms with E-state index >= 15 is 0 Å². The Hall–Kier alpha value is -2.73. The summed E-state index contributed by atoms with van der Waals surface area (Å²) >= 11 is 0. The maximum Gasteiger partial charge on any atom is 0.277 e. The van der Waals surface area contributed by atoms with E-state index in [1.165, 1.54) is 9.96 Å². The summed E-state index contributed by atoms with van der Waals surface area (Å²) in [5.74, 6) is -0.436. The molecule has 2 aromatic heterocycles. The summed E-state index contributed by atoms with van der Waals surface area (Å²) in [5.41, 5.74) is 2.70. The maximum absolute atomic E-state index is 14.9. The Labute approximate surface area is 169 Å². The molecule has 3 fully saturated rings. The molecule has 0 spiro atoms. The van der Waals surface area contributed by atoms with Crippen molar-refractivity contribution >= 4 is 11.6 Å². The molecule has 1 amide bonds. The van der Waals surface area contributed by atoms with Crippen molar-refractivity contribution in [1.82, 2.24) is 19.2 Å². The van der Waals surface area contributed by atoms with Crippen LogP contribution in [0.2, 0.25) is 0 Å². The van der Waals surface area contributed by atoms with Crippen LogP contribution in [0.3, 0.4) is 0 Å². The van der Waals surface area contributed by atoms with Crippen LogP contribution in [0, 0.1) is 18.8 Å². The van der Waals surface area contributed by atoms with Gasteiger partial charge >= 0.3 is 0 Å². The molecule has 5 heterocycles. The quantitative estimate of drug-likeness (QED) is 0.685. The molecule has 1 aromatic carbocycles. The van der Waals surface area contributed by atoms with Gasteiger partial charge in [-0.25, -0.2) is 4.98 Å². The molecular weight excluding hydrogens is 367 g/mol. The van der Waals surface area contributed by atoms with Crippen LogP contribution in [-0.2, 0) is 6.54 Å². The lowest BCUT2D eigenvalue weighted by atomic mass is 9.94. The molecule has 0 aliphatic carbocycles. The fourth-order valence-corrected chi connectivity index (χ4v) is 4.76. The average molecular weight is 392 g/mol. The molecule has 2 bridgehead atoms. The number of halogens is 1. The summed E-state index contributed by atoms with van der Waals surface area (Å²) in [6, 6.07) is 14.4. The molecule has 3 aliphatic heterocycles. The number of carbonyl (C=O) groups is 1. The van der Waals surface area contributed by atoms with E-state index in [2.05, 4.69) is 34.1 Å². The zero-order chi connectivity index (χ0) is 20.0. The summed E-state index contributed by atoms with van der Waals surface area (Å²) in [6.45, 7) is 5.12. The van der Waals surface area contributed by atoms with Gasteiger partial charge in [-0.3, -0.25) is 14.1 Å². The maximum atomic E-state index is 14.9. The third kappa shape index (κ3) is 3.42. The molecule has 6 rings (SSSR count). The molecule has 3 saturated heterocycles. The van der Waals surface area contributed by atoms with Gasteiger partial charge in [0.25, 0.3) is 5.91 Å². The first-order valence-corrected chi connectivity index (χ1v) is 10.3. The van der Waals surface area contributed by atoms with Gasteiger partial charge in [0.15, 0.2) is 5.69 Å². The number of aromatic nitrogens is 2. The first kappa shape index (κ1) is 18.3. The Bertz CT molecular complexity index is 1050. The molecule has 0 N–H and O–H groups in total. The molecule has 0 saturated carbocycles. The number of nitrogens with zero attached hydrogens (tertiary/aromatic N) is 4. The van der Waals surface area contributed by atoms with Gasteiger partial charge in [-0.2, -0.15) is 4.39 Å². The molecule has 3 aliphatic rings. The zero-order valence-electron chi connectivity index (χ0n) is 16.6. The minimum absolute atomic E-state index is 0.0634. The van der Waals surface area contributed by atoms with E-state index < -0.39 is 5.95 Å². The number of fused-ring (bicyclic) bond motifs is 5. The molecule has 6 heteroatoms. The van der Waals surface area contributed by atoms with E-state index in [1.54, 1.807) is 12.3 Å². The van der Waals surface area contributed by atoms with Crippen LogP contribution < -0.4 is 0 Å². The smallest absolute Gasteiger partial charge is 0.277 e. The van der Waals surface area contributed by atoms with Crippen LogP contribution in [0.4, 0.5) is 4.39 Å². The number of benzene rings is 1. The van der Waals surface area contributed by atoms with Crippen LogP contribution in [0.15, 0.2) is 48.7 Å². The lowest BCUT2D eigenvalue weighted by Crippen LogP contribution is -2.44. The summed E-state index contributed by atoms with van der Waals surface area (Å²) < 4.78 is 16.2. The Balaban J connectivity index is 1.38. The number of hydrogen-bond acceptors (Lipinski definition) is 3. The van der Waals surface area contributed by atoms with Gasteiger partial charge in [-0.1, -0.05) is 30.3 Å². The third-order valence-corrected chi connectivity index (χ3v) is 6.27. The van der Waals surface area contributed by atoms with E-state index in [4.69, 9.17) is 0 Å². The highest BCUT2D eigenvalue weighted by molar-refractivity contribution is 5.93. The van der Waals surface area contributed by atoms with E-state index in [9.17, 15) is 9.18 Å². The van der Waals surface area contributed by atoms with E-state index in [1.807, 2.05) is 24.0 Å². The van der Waals surface area contributed by atoms with Crippen LogP contribution >= 0.6 is 0 Å². The summed E-state index contributed by atoms with van der Waals surface area (Å²) in [5, 5.41) is 0. The van der Waals surface area contributed by atoms with Crippen LogP contribution in [0.1, 0.15) is 34.5 Å². The first-order chi connectivity index (χ1) is 14.1. The molecule has 29 heavy (non-hydrogen) atoms. The van der Waals surface area contributed by atoms with Crippen molar-refractivity contribution in [2.45, 2.75) is 32.4 Å². The lowest BCUT2D eigenvalue weighted by Gasteiger charge is -2.36. The minimum Gasteiger partial charge on any atom is -0.335 e. The van der Waals surface area contributed by atoms with Gasteiger partial charge < -0.3 is 4.90 Å². The number of carbonyl (C=O) groups excluding carboxylic acids is 1. The minimum atomic E-state index is -0.567. The highest BCUT2D eigenvalue weighted by Gasteiger charge is 2.37. The standard InChI is InChI=1S/C23H25FN4O/c1-16-9-10-28-20(11-16)25-21(22(28)24)23(29)27-14-18-7-8-19(15-27)26(13-18)12-17-5-3-2-4-6-17/h2-6,9-11,18-19H,7-8,12-15H2,1H3/t18-,19-/m0/s1. The van der Waals surface area contributed by atoms with Crippen LogP contribution in [0.25, 0.3) is 5.65 Å². The Morgan fingerprint density at radius 3 is 2.79 bits per heavy atom. The molecule has 0 radical (unpaired) electrons. The van der Waals surface area contributed by atoms with Crippen molar-refractivity contribution in [3.05, 3.63) is 71.4 Å². The number of rotatable bonds is 3. The first-order valence-electron chi connectivity index (χ1n) is 10.3. The highest BCUT2D eigenvalue weighted by Crippen LogP contribution is 2.30. The molecular formula is C23H25FN4O. The molecule has 3 aromatic rings. The Morgan fingerprint density at radius 2 is 1.97 bits per heavy atom. The van der Waals surface area contributed by atoms with Crippen LogP contribution in [-0.4, -0.2) is 50.8 Å². The van der Waals surface area contributed by atoms with Gasteiger partial charge in [0.05, 0.1) is 0 Å². The fraction of sp³-hybridized carbons (Fsp3) is 0.391. The predicted molar refractivity (Wildman–Crippen MR) is 109 cm³/mol. The molecule has 0 unspecified atom stereocenters. The van der Waals surface area contributed by atoms with Gasteiger partial charge in [0.2, 0.25) is 5.95 Å². The van der Waals surface area contributed by atoms with Crippen molar-refractivity contribution in [2.24, 2.45) is 5.92 Å². The van der Waals surface area contributed by atoms with Crippen molar-refractivity contribution < 1.29 is 9.18 Å². The fourth-order valence-electron chi connectivity index (χ4n) is 4.76. The lowest BCUT2D eigenvalue weighted by molar-refractivity contribution is 0.0725. The number of imidazole rings is 1. The molecule has 2 atom stereocenters. The van der Waals surface area contributed by atoms with Crippen molar-refractivity contribution in [3.63, 3.8) is 0 Å². The van der Waals surface area contributed by atoms with Gasteiger partial charge in [0, 0.05) is 38.4 Å².